The molecule has 0 fully saturated rings. The van der Waals surface area contributed by atoms with Crippen molar-refractivity contribution in [2.24, 2.45) is 0 Å². The minimum absolute atomic E-state index is 0.156. The Kier molecular flexibility index (Phi) is 3.46. The van der Waals surface area contributed by atoms with Crippen LogP contribution in [0.5, 0.6) is 0 Å². The largest absolute Gasteiger partial charge is 0.425 e. The molecule has 1 atom stereocenters. The maximum atomic E-state index is 14.2. The third-order valence-electron chi connectivity index (χ3n) is 5.52. The van der Waals surface area contributed by atoms with E-state index in [-0.39, 0.29) is 11.1 Å². The number of hydrogen-bond acceptors (Lipinski definition) is 1. The Morgan fingerprint density at radius 1 is 0.571 bits per heavy atom. The fourth-order valence-electron chi connectivity index (χ4n) is 4.20. The summed E-state index contributed by atoms with van der Waals surface area (Å²) >= 11 is 0. The van der Waals surface area contributed by atoms with Crippen molar-refractivity contribution in [2.45, 2.75) is 11.8 Å². The summed E-state index contributed by atoms with van der Waals surface area (Å²) in [5.74, 6) is 0. The van der Waals surface area contributed by atoms with E-state index in [1.807, 2.05) is 36.4 Å². The van der Waals surface area contributed by atoms with E-state index >= 15 is 0 Å². The predicted molar refractivity (Wildman–Crippen MR) is 106 cm³/mol. The SMILES string of the molecule is OC(c1ccccc1)(c1ccc2ccc3cccc4ccc1c2c34)C(F)(F)F. The van der Waals surface area contributed by atoms with Crippen molar-refractivity contribution in [1.29, 1.82) is 0 Å². The first-order valence-electron chi connectivity index (χ1n) is 8.93. The molecule has 0 heterocycles. The van der Waals surface area contributed by atoms with Gasteiger partial charge in [0.1, 0.15) is 0 Å². The normalized spacial score (nSPS) is 14.7. The number of benzene rings is 5. The molecule has 5 aromatic rings. The molecule has 4 heteroatoms. The number of rotatable bonds is 2. The maximum absolute atomic E-state index is 14.2. The molecule has 1 unspecified atom stereocenters. The molecule has 0 amide bonds. The topological polar surface area (TPSA) is 20.2 Å². The molecule has 0 bridgehead atoms. The van der Waals surface area contributed by atoms with Crippen LogP contribution in [-0.2, 0) is 5.60 Å². The molecule has 0 saturated carbocycles. The summed E-state index contributed by atoms with van der Waals surface area (Å²) in [5.41, 5.74) is -3.45. The van der Waals surface area contributed by atoms with Gasteiger partial charge in [0, 0.05) is 5.56 Å². The van der Waals surface area contributed by atoms with Gasteiger partial charge in [-0.3, -0.25) is 0 Å². The smallest absolute Gasteiger partial charge is 0.372 e. The summed E-state index contributed by atoms with van der Waals surface area (Å²) in [6.07, 6.45) is -4.88. The van der Waals surface area contributed by atoms with Crippen LogP contribution in [0.15, 0.2) is 84.9 Å². The summed E-state index contributed by atoms with van der Waals surface area (Å²) < 4.78 is 42.7. The van der Waals surface area contributed by atoms with Crippen molar-refractivity contribution in [2.75, 3.05) is 0 Å². The third kappa shape index (κ3) is 2.18. The van der Waals surface area contributed by atoms with Crippen molar-refractivity contribution < 1.29 is 18.3 Å². The van der Waals surface area contributed by atoms with Gasteiger partial charge in [0.15, 0.2) is 0 Å². The van der Waals surface area contributed by atoms with Crippen molar-refractivity contribution in [3.8, 4) is 0 Å². The first kappa shape index (κ1) is 17.0. The summed E-state index contributed by atoms with van der Waals surface area (Å²) in [4.78, 5) is 0. The van der Waals surface area contributed by atoms with Crippen LogP contribution >= 0.6 is 0 Å². The Balaban J connectivity index is 1.95. The average Bonchev–Trinajstić information content (AvgIpc) is 2.71. The molecule has 5 aromatic carbocycles. The summed E-state index contributed by atoms with van der Waals surface area (Å²) in [7, 11) is 0. The minimum Gasteiger partial charge on any atom is -0.372 e. The Labute approximate surface area is 159 Å². The van der Waals surface area contributed by atoms with Gasteiger partial charge in [0.25, 0.3) is 0 Å². The molecular weight excluding hydrogens is 361 g/mol. The van der Waals surface area contributed by atoms with Gasteiger partial charge in [-0.05, 0) is 37.9 Å². The molecule has 1 nitrogen and oxygen atoms in total. The molecule has 0 saturated heterocycles. The Morgan fingerprint density at radius 3 is 1.79 bits per heavy atom. The maximum Gasteiger partial charge on any atom is 0.425 e. The van der Waals surface area contributed by atoms with E-state index in [1.54, 1.807) is 18.2 Å². The predicted octanol–water partition coefficient (Wildman–Crippen LogP) is 6.38. The van der Waals surface area contributed by atoms with Crippen LogP contribution in [0.3, 0.4) is 0 Å². The quantitative estimate of drug-likeness (QED) is 0.354. The summed E-state index contributed by atoms with van der Waals surface area (Å²) in [6, 6.07) is 23.5. The van der Waals surface area contributed by atoms with Gasteiger partial charge in [-0.2, -0.15) is 13.2 Å². The fourth-order valence-corrected chi connectivity index (χ4v) is 4.20. The van der Waals surface area contributed by atoms with Crippen LogP contribution in [0.4, 0.5) is 13.2 Å². The van der Waals surface area contributed by atoms with Gasteiger partial charge in [-0.1, -0.05) is 84.9 Å². The number of hydrogen-bond donors (Lipinski definition) is 1. The second-order valence-electron chi connectivity index (χ2n) is 7.04. The first-order valence-corrected chi connectivity index (χ1v) is 8.93. The third-order valence-corrected chi connectivity index (χ3v) is 5.52. The first-order chi connectivity index (χ1) is 13.4. The molecular formula is C24H15F3O. The summed E-state index contributed by atoms with van der Waals surface area (Å²) in [5, 5.41) is 15.9. The number of alkyl halides is 3. The summed E-state index contributed by atoms with van der Waals surface area (Å²) in [6.45, 7) is 0. The second-order valence-corrected chi connectivity index (χ2v) is 7.04. The monoisotopic (exact) mass is 376 g/mol. The average molecular weight is 376 g/mol. The van der Waals surface area contributed by atoms with E-state index in [0.29, 0.717) is 5.39 Å². The number of halogens is 3. The van der Waals surface area contributed by atoms with Crippen molar-refractivity contribution in [3.63, 3.8) is 0 Å². The molecule has 0 aliphatic carbocycles. The van der Waals surface area contributed by atoms with Crippen LogP contribution in [-0.4, -0.2) is 11.3 Å². The van der Waals surface area contributed by atoms with E-state index in [2.05, 4.69) is 0 Å². The molecule has 0 radical (unpaired) electrons. The lowest BCUT2D eigenvalue weighted by Crippen LogP contribution is -2.43. The highest BCUT2D eigenvalue weighted by molar-refractivity contribution is 6.23. The van der Waals surface area contributed by atoms with E-state index in [0.717, 1.165) is 26.9 Å². The lowest BCUT2D eigenvalue weighted by atomic mass is 9.81. The Hall–Kier alpha value is -3.11. The molecule has 0 aromatic heterocycles. The van der Waals surface area contributed by atoms with Gasteiger partial charge in [0.05, 0.1) is 0 Å². The van der Waals surface area contributed by atoms with Crippen molar-refractivity contribution >= 4 is 32.3 Å². The van der Waals surface area contributed by atoms with E-state index in [4.69, 9.17) is 0 Å². The van der Waals surface area contributed by atoms with Crippen LogP contribution in [0, 0.1) is 0 Å². The molecule has 0 aliphatic heterocycles. The number of aliphatic hydroxyl groups is 1. The Morgan fingerprint density at radius 2 is 1.14 bits per heavy atom. The van der Waals surface area contributed by atoms with Gasteiger partial charge < -0.3 is 5.11 Å². The highest BCUT2D eigenvalue weighted by Gasteiger charge is 2.56. The lowest BCUT2D eigenvalue weighted by Gasteiger charge is -2.33. The zero-order valence-electron chi connectivity index (χ0n) is 14.7. The molecule has 0 spiro atoms. The van der Waals surface area contributed by atoms with Crippen molar-refractivity contribution in [3.05, 3.63) is 96.1 Å². The van der Waals surface area contributed by atoms with Crippen LogP contribution in [0.25, 0.3) is 32.3 Å². The van der Waals surface area contributed by atoms with Crippen molar-refractivity contribution in [1.82, 2.24) is 0 Å². The van der Waals surface area contributed by atoms with E-state index < -0.39 is 11.8 Å². The van der Waals surface area contributed by atoms with Gasteiger partial charge in [-0.25, -0.2) is 0 Å². The van der Waals surface area contributed by atoms with Gasteiger partial charge in [0.2, 0.25) is 5.60 Å². The molecule has 5 rings (SSSR count). The fraction of sp³-hybridized carbons (Fsp3) is 0.0833. The van der Waals surface area contributed by atoms with Crippen LogP contribution in [0.2, 0.25) is 0 Å². The van der Waals surface area contributed by atoms with E-state index in [9.17, 15) is 18.3 Å². The van der Waals surface area contributed by atoms with Crippen LogP contribution < -0.4 is 0 Å². The molecule has 28 heavy (non-hydrogen) atoms. The second kappa shape index (κ2) is 5.69. The van der Waals surface area contributed by atoms with Crippen LogP contribution in [0.1, 0.15) is 11.1 Å². The van der Waals surface area contributed by atoms with Gasteiger partial charge in [-0.15, -0.1) is 0 Å². The standard InChI is InChI=1S/C24H15F3O/c25-24(26,27)23(28,18-7-2-1-3-8-18)20-14-12-17-10-9-15-5-4-6-16-11-13-19(20)22(17)21(15)16/h1-14,28H. The zero-order valence-corrected chi connectivity index (χ0v) is 14.7. The molecule has 138 valence electrons. The highest BCUT2D eigenvalue weighted by Crippen LogP contribution is 2.48. The molecule has 0 aliphatic rings. The molecule has 1 N–H and O–H groups in total. The Bertz CT molecular complexity index is 1290. The minimum atomic E-state index is -4.88. The zero-order chi connectivity index (χ0) is 19.5. The van der Waals surface area contributed by atoms with E-state index in [1.165, 1.54) is 30.3 Å². The van der Waals surface area contributed by atoms with Gasteiger partial charge >= 0.3 is 6.18 Å². The highest BCUT2D eigenvalue weighted by atomic mass is 19.4. The lowest BCUT2D eigenvalue weighted by molar-refractivity contribution is -0.247.